The maximum absolute atomic E-state index is 14.2. The van der Waals surface area contributed by atoms with Crippen molar-refractivity contribution in [2.75, 3.05) is 13.2 Å². The summed E-state index contributed by atoms with van der Waals surface area (Å²) in [6, 6.07) is 20.0. The molecule has 8 heteroatoms. The predicted molar refractivity (Wildman–Crippen MR) is 122 cm³/mol. The molecule has 164 valence electrons. The Bertz CT molecular complexity index is 1120. The molecule has 1 N–H and O–H groups in total. The van der Waals surface area contributed by atoms with Gasteiger partial charge >= 0.3 is 0 Å². The minimum absolute atomic E-state index is 0.156. The van der Waals surface area contributed by atoms with Crippen LogP contribution in [0.4, 0.5) is 4.39 Å². The van der Waals surface area contributed by atoms with Crippen LogP contribution in [0.5, 0.6) is 5.88 Å². The number of hydrogen-bond donors (Lipinski definition) is 1. The van der Waals surface area contributed by atoms with E-state index in [1.807, 2.05) is 48.5 Å². The maximum atomic E-state index is 14.2. The molecule has 4 aromatic rings. The second kappa shape index (κ2) is 10.8. The number of aromatic nitrogens is 4. The lowest BCUT2D eigenvalue weighted by Crippen LogP contribution is -2.18. The van der Waals surface area contributed by atoms with Gasteiger partial charge in [0.1, 0.15) is 17.2 Å². The zero-order valence-electron chi connectivity index (χ0n) is 17.4. The summed E-state index contributed by atoms with van der Waals surface area (Å²) in [5, 5.41) is 13.0. The first-order valence-electron chi connectivity index (χ1n) is 10.4. The highest BCUT2D eigenvalue weighted by Gasteiger charge is 2.15. The van der Waals surface area contributed by atoms with E-state index in [0.717, 1.165) is 29.9 Å². The van der Waals surface area contributed by atoms with Gasteiger partial charge in [0.15, 0.2) is 0 Å². The van der Waals surface area contributed by atoms with Crippen molar-refractivity contribution in [2.24, 2.45) is 0 Å². The van der Waals surface area contributed by atoms with Crippen molar-refractivity contribution in [3.63, 3.8) is 0 Å². The van der Waals surface area contributed by atoms with Gasteiger partial charge in [0.25, 0.3) is 0 Å². The monoisotopic (exact) mass is 451 g/mol. The van der Waals surface area contributed by atoms with E-state index in [-0.39, 0.29) is 12.4 Å². The highest BCUT2D eigenvalue weighted by atomic mass is 35.5. The molecule has 32 heavy (non-hydrogen) atoms. The molecular weight excluding hydrogens is 429 g/mol. The van der Waals surface area contributed by atoms with Crippen LogP contribution in [-0.4, -0.2) is 33.1 Å². The van der Waals surface area contributed by atoms with Crippen LogP contribution in [0.25, 0.3) is 11.3 Å². The average molecular weight is 452 g/mol. The number of pyridine rings is 1. The summed E-state index contributed by atoms with van der Waals surface area (Å²) >= 11 is 6.18. The lowest BCUT2D eigenvalue weighted by atomic mass is 10.1. The van der Waals surface area contributed by atoms with E-state index in [9.17, 15) is 4.39 Å². The molecule has 0 unspecified atom stereocenters. The van der Waals surface area contributed by atoms with Crippen molar-refractivity contribution in [3.05, 3.63) is 95.0 Å². The van der Waals surface area contributed by atoms with Gasteiger partial charge in [-0.2, -0.15) is 15.0 Å². The summed E-state index contributed by atoms with van der Waals surface area (Å²) in [4.78, 5) is 5.63. The van der Waals surface area contributed by atoms with E-state index < -0.39 is 0 Å². The minimum atomic E-state index is -0.372. The fourth-order valence-corrected chi connectivity index (χ4v) is 3.45. The van der Waals surface area contributed by atoms with Gasteiger partial charge in [-0.15, -0.1) is 0 Å². The molecular formula is C24H23ClFN5O. The van der Waals surface area contributed by atoms with Crippen molar-refractivity contribution in [2.45, 2.75) is 19.5 Å². The molecule has 0 aliphatic rings. The fourth-order valence-electron chi connectivity index (χ4n) is 3.23. The van der Waals surface area contributed by atoms with E-state index in [2.05, 4.69) is 20.5 Å². The number of benzene rings is 2. The number of ether oxygens (including phenoxy) is 1. The molecule has 0 bridgehead atoms. The smallest absolute Gasteiger partial charge is 0.213 e. The molecule has 4 rings (SSSR count). The second-order valence-corrected chi connectivity index (χ2v) is 7.55. The predicted octanol–water partition coefficient (Wildman–Crippen LogP) is 4.74. The van der Waals surface area contributed by atoms with Crippen LogP contribution in [0.1, 0.15) is 17.7 Å². The Kier molecular flexibility index (Phi) is 7.42. The molecule has 0 saturated carbocycles. The van der Waals surface area contributed by atoms with Crippen molar-refractivity contribution >= 4 is 11.6 Å². The lowest BCUT2D eigenvalue weighted by Gasteiger charge is -2.06. The third-order valence-electron chi connectivity index (χ3n) is 4.81. The third kappa shape index (κ3) is 5.69. The average Bonchev–Trinajstić information content (AvgIpc) is 3.22. The first-order valence-corrected chi connectivity index (χ1v) is 10.8. The molecule has 2 heterocycles. The molecule has 2 aromatic heterocycles. The van der Waals surface area contributed by atoms with Crippen LogP contribution in [0, 0.1) is 5.82 Å². The largest absolute Gasteiger partial charge is 0.478 e. The highest BCUT2D eigenvalue weighted by molar-refractivity contribution is 6.31. The number of rotatable bonds is 10. The lowest BCUT2D eigenvalue weighted by molar-refractivity contribution is 0.296. The van der Waals surface area contributed by atoms with Crippen LogP contribution >= 0.6 is 11.6 Å². The normalized spacial score (nSPS) is 10.9. The Labute approximate surface area is 191 Å². The zero-order valence-corrected chi connectivity index (χ0v) is 18.2. The molecule has 0 saturated heterocycles. The Balaban J connectivity index is 1.41. The van der Waals surface area contributed by atoms with Crippen LogP contribution in [-0.2, 0) is 13.1 Å². The molecule has 0 amide bonds. The zero-order chi connectivity index (χ0) is 22.2. The van der Waals surface area contributed by atoms with Crippen molar-refractivity contribution in [3.8, 4) is 17.1 Å². The number of hydrogen-bond acceptors (Lipinski definition) is 5. The fraction of sp³-hybridized carbons (Fsp3) is 0.208. The number of nitrogens with zero attached hydrogens (tertiary/aromatic N) is 4. The topological polar surface area (TPSA) is 64.9 Å². The van der Waals surface area contributed by atoms with Gasteiger partial charge in [0.05, 0.1) is 13.2 Å². The van der Waals surface area contributed by atoms with Gasteiger partial charge in [-0.05, 0) is 31.2 Å². The van der Waals surface area contributed by atoms with Crippen LogP contribution in [0.15, 0.2) is 72.9 Å². The van der Waals surface area contributed by atoms with E-state index in [1.165, 1.54) is 10.9 Å². The van der Waals surface area contributed by atoms with E-state index >= 15 is 0 Å². The van der Waals surface area contributed by atoms with Gasteiger partial charge < -0.3 is 10.1 Å². The third-order valence-corrected chi connectivity index (χ3v) is 5.17. The molecule has 2 aromatic carbocycles. The quantitative estimate of drug-likeness (QED) is 0.353. The Morgan fingerprint density at radius 1 is 0.969 bits per heavy atom. The van der Waals surface area contributed by atoms with Crippen LogP contribution < -0.4 is 10.1 Å². The minimum Gasteiger partial charge on any atom is -0.478 e. The molecule has 0 aliphatic carbocycles. The maximum Gasteiger partial charge on any atom is 0.213 e. The summed E-state index contributed by atoms with van der Waals surface area (Å²) in [7, 11) is 0. The summed E-state index contributed by atoms with van der Waals surface area (Å²) in [5.41, 5.74) is 2.87. The Morgan fingerprint density at radius 2 is 1.81 bits per heavy atom. The van der Waals surface area contributed by atoms with E-state index in [1.54, 1.807) is 18.3 Å². The second-order valence-electron chi connectivity index (χ2n) is 7.14. The van der Waals surface area contributed by atoms with E-state index in [4.69, 9.17) is 16.3 Å². The molecule has 0 aliphatic heterocycles. The van der Waals surface area contributed by atoms with Gasteiger partial charge in [-0.3, -0.25) is 0 Å². The van der Waals surface area contributed by atoms with Crippen molar-refractivity contribution in [1.29, 1.82) is 0 Å². The SMILES string of the molecule is Fc1cccc(Cl)c1Cn1nc(CNCCCOc2ccccn2)c(-c2ccccc2)n1. The number of halogens is 2. The summed E-state index contributed by atoms with van der Waals surface area (Å²) in [6.07, 6.45) is 2.52. The summed E-state index contributed by atoms with van der Waals surface area (Å²) in [6.45, 7) is 1.99. The molecule has 0 fully saturated rings. The first-order chi connectivity index (χ1) is 15.7. The molecule has 6 nitrogen and oxygen atoms in total. The van der Waals surface area contributed by atoms with Gasteiger partial charge in [-0.1, -0.05) is 54.1 Å². The summed E-state index contributed by atoms with van der Waals surface area (Å²) < 4.78 is 19.8. The highest BCUT2D eigenvalue weighted by Crippen LogP contribution is 2.23. The molecule has 0 radical (unpaired) electrons. The molecule has 0 spiro atoms. The van der Waals surface area contributed by atoms with Gasteiger partial charge in [-0.25, -0.2) is 9.37 Å². The van der Waals surface area contributed by atoms with E-state index in [0.29, 0.717) is 29.6 Å². The Morgan fingerprint density at radius 3 is 2.59 bits per heavy atom. The van der Waals surface area contributed by atoms with Crippen molar-refractivity contribution in [1.82, 2.24) is 25.3 Å². The summed E-state index contributed by atoms with van der Waals surface area (Å²) in [5.74, 6) is 0.247. The van der Waals surface area contributed by atoms with Crippen LogP contribution in [0.2, 0.25) is 5.02 Å². The molecule has 0 atom stereocenters. The van der Waals surface area contributed by atoms with Gasteiger partial charge in [0.2, 0.25) is 5.88 Å². The Hall–Kier alpha value is -3.29. The van der Waals surface area contributed by atoms with Gasteiger partial charge in [0, 0.05) is 35.0 Å². The first kappa shape index (κ1) is 21.9. The standard InChI is InChI=1S/C24H23ClFN5O/c25-20-10-6-11-21(26)19(20)17-31-29-22(24(30-31)18-8-2-1-3-9-18)16-27-13-7-15-32-23-12-4-5-14-28-23/h1-6,8-12,14,27H,7,13,15-17H2. The van der Waals surface area contributed by atoms with Crippen LogP contribution in [0.3, 0.4) is 0 Å². The number of nitrogens with one attached hydrogen (secondary N) is 1. The van der Waals surface area contributed by atoms with Crippen molar-refractivity contribution < 1.29 is 9.13 Å².